The molecule has 35 heavy (non-hydrogen) atoms. The fraction of sp³-hybridized carbons (Fsp3) is 0.222. The van der Waals surface area contributed by atoms with E-state index in [1.54, 1.807) is 28.0 Å². The van der Waals surface area contributed by atoms with Crippen LogP contribution in [-0.2, 0) is 11.3 Å². The molecule has 3 amide bonds. The van der Waals surface area contributed by atoms with Crippen molar-refractivity contribution in [3.8, 4) is 0 Å². The van der Waals surface area contributed by atoms with Gasteiger partial charge in [-0.1, -0.05) is 41.9 Å². The van der Waals surface area contributed by atoms with Crippen molar-refractivity contribution in [1.29, 1.82) is 0 Å². The Morgan fingerprint density at radius 2 is 1.43 bits per heavy atom. The van der Waals surface area contributed by atoms with Gasteiger partial charge in [0.05, 0.1) is 11.0 Å². The van der Waals surface area contributed by atoms with Crippen molar-refractivity contribution in [2.75, 3.05) is 31.5 Å². The van der Waals surface area contributed by atoms with Crippen molar-refractivity contribution in [2.45, 2.75) is 13.5 Å². The predicted octanol–water partition coefficient (Wildman–Crippen LogP) is 4.49. The number of anilines is 1. The number of aryl methyl sites for hydroxylation is 1. The van der Waals surface area contributed by atoms with Crippen LogP contribution in [0.15, 0.2) is 71.5 Å². The number of hydrogen-bond donors (Lipinski definition) is 1. The van der Waals surface area contributed by atoms with Gasteiger partial charge < -0.3 is 19.7 Å². The number of pyridine rings is 1. The van der Waals surface area contributed by atoms with E-state index in [1.807, 2.05) is 60.0 Å². The number of urea groups is 1. The first-order valence-corrected chi connectivity index (χ1v) is 11.9. The number of benzene rings is 3. The Labute approximate surface area is 207 Å². The van der Waals surface area contributed by atoms with Crippen molar-refractivity contribution in [3.05, 3.63) is 87.5 Å². The van der Waals surface area contributed by atoms with E-state index in [1.165, 1.54) is 0 Å². The molecule has 8 heteroatoms. The van der Waals surface area contributed by atoms with Crippen molar-refractivity contribution in [3.63, 3.8) is 0 Å². The van der Waals surface area contributed by atoms with Gasteiger partial charge in [-0.2, -0.15) is 0 Å². The van der Waals surface area contributed by atoms with Crippen LogP contribution >= 0.6 is 11.6 Å². The first kappa shape index (κ1) is 22.9. The number of piperazine rings is 1. The van der Waals surface area contributed by atoms with Crippen LogP contribution in [0.2, 0.25) is 5.02 Å². The fourth-order valence-corrected chi connectivity index (χ4v) is 4.70. The lowest BCUT2D eigenvalue weighted by Gasteiger charge is -2.35. The minimum Gasteiger partial charge on any atom is -0.338 e. The highest BCUT2D eigenvalue weighted by Gasteiger charge is 2.25. The van der Waals surface area contributed by atoms with Crippen molar-refractivity contribution in [1.82, 2.24) is 14.4 Å². The average molecular weight is 489 g/mol. The first-order chi connectivity index (χ1) is 16.9. The highest BCUT2D eigenvalue weighted by atomic mass is 35.5. The lowest BCUT2D eigenvalue weighted by Crippen LogP contribution is -2.52. The van der Waals surface area contributed by atoms with E-state index in [9.17, 15) is 14.4 Å². The average Bonchev–Trinajstić information content (AvgIpc) is 2.88. The predicted molar refractivity (Wildman–Crippen MR) is 139 cm³/mol. The van der Waals surface area contributed by atoms with Crippen molar-refractivity contribution in [2.24, 2.45) is 0 Å². The van der Waals surface area contributed by atoms with E-state index in [2.05, 4.69) is 5.32 Å². The molecule has 0 atom stereocenters. The van der Waals surface area contributed by atoms with Crippen LogP contribution in [0.4, 0.5) is 10.5 Å². The van der Waals surface area contributed by atoms with Gasteiger partial charge in [0.2, 0.25) is 5.91 Å². The second-order valence-electron chi connectivity index (χ2n) is 8.71. The Hall–Kier alpha value is -3.84. The molecule has 4 aromatic rings. The molecule has 5 rings (SSSR count). The summed E-state index contributed by atoms with van der Waals surface area (Å²) in [6, 6.07) is 19.9. The number of nitrogens with one attached hydrogen (secondary N) is 1. The minimum atomic E-state index is -0.214. The summed E-state index contributed by atoms with van der Waals surface area (Å²) < 4.78 is 1.91. The van der Waals surface area contributed by atoms with Gasteiger partial charge in [-0.05, 0) is 48.9 Å². The zero-order valence-corrected chi connectivity index (χ0v) is 20.1. The van der Waals surface area contributed by atoms with Gasteiger partial charge in [-0.25, -0.2) is 4.79 Å². The number of nitrogens with zero attached hydrogens (tertiary/aromatic N) is 3. The van der Waals surface area contributed by atoms with Gasteiger partial charge in [-0.3, -0.25) is 9.59 Å². The molecule has 1 fully saturated rings. The molecule has 1 aliphatic rings. The molecule has 1 aliphatic heterocycles. The number of halogens is 1. The first-order valence-electron chi connectivity index (χ1n) is 11.5. The molecular formula is C27H25ClN4O3. The monoisotopic (exact) mass is 488 g/mol. The lowest BCUT2D eigenvalue weighted by molar-refractivity contribution is -0.133. The third-order valence-electron chi connectivity index (χ3n) is 6.52. The van der Waals surface area contributed by atoms with E-state index >= 15 is 0 Å². The standard InChI is InChI=1S/C27H25ClN4O3/c1-18-10-11-19(16-22(18)28)29-27(35)31-14-12-30(13-15-31)25(33)17-32-23-8-4-2-6-20(23)26(34)21-7-3-5-9-24(21)32/h2-11,16H,12-15,17H2,1H3,(H,29,35). The quantitative estimate of drug-likeness (QED) is 0.432. The summed E-state index contributed by atoms with van der Waals surface area (Å²) in [5.74, 6) is -0.0469. The normalized spacial score (nSPS) is 13.9. The molecule has 1 saturated heterocycles. The highest BCUT2D eigenvalue weighted by molar-refractivity contribution is 6.31. The number of carbonyl (C=O) groups is 2. The van der Waals surface area contributed by atoms with Crippen LogP contribution in [0.25, 0.3) is 21.8 Å². The summed E-state index contributed by atoms with van der Waals surface area (Å²) in [7, 11) is 0. The second-order valence-corrected chi connectivity index (χ2v) is 9.12. The molecule has 0 spiro atoms. The van der Waals surface area contributed by atoms with Crippen LogP contribution in [0.1, 0.15) is 5.56 Å². The lowest BCUT2D eigenvalue weighted by atomic mass is 10.1. The number of para-hydroxylation sites is 2. The SMILES string of the molecule is Cc1ccc(NC(=O)N2CCN(C(=O)Cn3c4ccccc4c(=O)c4ccccc43)CC2)cc1Cl. The van der Waals surface area contributed by atoms with Crippen molar-refractivity contribution >= 4 is 51.0 Å². The second kappa shape index (κ2) is 9.43. The number of aromatic nitrogens is 1. The van der Waals surface area contributed by atoms with E-state index in [4.69, 9.17) is 11.6 Å². The van der Waals surface area contributed by atoms with Gasteiger partial charge in [0.1, 0.15) is 6.54 Å². The maximum atomic E-state index is 13.3. The van der Waals surface area contributed by atoms with Crippen LogP contribution in [0, 0.1) is 6.92 Å². The van der Waals surface area contributed by atoms with E-state index in [0.717, 1.165) is 16.6 Å². The molecule has 0 saturated carbocycles. The Morgan fingerprint density at radius 1 is 0.857 bits per heavy atom. The maximum absolute atomic E-state index is 13.3. The summed E-state index contributed by atoms with van der Waals surface area (Å²) in [4.78, 5) is 42.4. The molecule has 2 heterocycles. The number of rotatable bonds is 3. The summed E-state index contributed by atoms with van der Waals surface area (Å²) in [5, 5.41) is 4.66. The Balaban J connectivity index is 1.30. The molecule has 0 bridgehead atoms. The third kappa shape index (κ3) is 4.47. The van der Waals surface area contributed by atoms with E-state index < -0.39 is 0 Å². The van der Waals surface area contributed by atoms with Crippen LogP contribution in [0.3, 0.4) is 0 Å². The summed E-state index contributed by atoms with van der Waals surface area (Å²) >= 11 is 6.16. The molecule has 0 aliphatic carbocycles. The summed E-state index contributed by atoms with van der Waals surface area (Å²) in [6.45, 7) is 3.78. The Bertz CT molecular complexity index is 1450. The molecule has 0 unspecified atom stereocenters. The van der Waals surface area contributed by atoms with Crippen LogP contribution in [0.5, 0.6) is 0 Å². The molecule has 178 valence electrons. The Morgan fingerprint density at radius 3 is 2.03 bits per heavy atom. The number of amides is 3. The zero-order chi connectivity index (χ0) is 24.5. The highest BCUT2D eigenvalue weighted by Crippen LogP contribution is 2.21. The van der Waals surface area contributed by atoms with Crippen molar-refractivity contribution < 1.29 is 9.59 Å². The van der Waals surface area contributed by atoms with Gasteiger partial charge in [0, 0.05) is 47.7 Å². The number of carbonyl (C=O) groups excluding carboxylic acids is 2. The zero-order valence-electron chi connectivity index (χ0n) is 19.3. The van der Waals surface area contributed by atoms with E-state index in [0.29, 0.717) is 47.7 Å². The molecule has 1 N–H and O–H groups in total. The van der Waals surface area contributed by atoms with Crippen LogP contribution < -0.4 is 10.7 Å². The number of fused-ring (bicyclic) bond motifs is 2. The molecule has 0 radical (unpaired) electrons. The fourth-order valence-electron chi connectivity index (χ4n) is 4.51. The summed E-state index contributed by atoms with van der Waals surface area (Å²) in [6.07, 6.45) is 0. The van der Waals surface area contributed by atoms with Gasteiger partial charge >= 0.3 is 6.03 Å². The largest absolute Gasteiger partial charge is 0.338 e. The van der Waals surface area contributed by atoms with Gasteiger partial charge in [0.25, 0.3) is 0 Å². The smallest absolute Gasteiger partial charge is 0.321 e. The molecule has 1 aromatic heterocycles. The summed E-state index contributed by atoms with van der Waals surface area (Å²) in [5.41, 5.74) is 3.02. The molecule has 7 nitrogen and oxygen atoms in total. The van der Waals surface area contributed by atoms with E-state index in [-0.39, 0.29) is 23.9 Å². The van der Waals surface area contributed by atoms with Gasteiger partial charge in [0.15, 0.2) is 5.43 Å². The third-order valence-corrected chi connectivity index (χ3v) is 6.92. The minimum absolute atomic E-state index is 0.0330. The molecule has 3 aromatic carbocycles. The molecular weight excluding hydrogens is 464 g/mol. The topological polar surface area (TPSA) is 74.7 Å². The Kier molecular flexibility index (Phi) is 6.17. The maximum Gasteiger partial charge on any atom is 0.321 e. The number of hydrogen-bond acceptors (Lipinski definition) is 3. The van der Waals surface area contributed by atoms with Gasteiger partial charge in [-0.15, -0.1) is 0 Å². The van der Waals surface area contributed by atoms with Crippen LogP contribution in [-0.4, -0.2) is 52.5 Å².